The molecule has 0 aliphatic carbocycles. The third-order valence-electron chi connectivity index (χ3n) is 6.52. The normalized spacial score (nSPS) is 13.6. The van der Waals surface area contributed by atoms with E-state index in [1.807, 2.05) is 38.1 Å². The number of hydrogen-bond acceptors (Lipinski definition) is 5. The zero-order chi connectivity index (χ0) is 30.3. The van der Waals surface area contributed by atoms with Crippen LogP contribution in [-0.4, -0.2) is 52.9 Å². The van der Waals surface area contributed by atoms with Gasteiger partial charge in [0.2, 0.25) is 17.7 Å². The summed E-state index contributed by atoms with van der Waals surface area (Å²) in [6.45, 7) is 13.6. The molecule has 9 heteroatoms. The number of aryl methyl sites for hydroxylation is 1. The maximum Gasteiger partial charge on any atom is 0.408 e. The van der Waals surface area contributed by atoms with Crippen LogP contribution in [0.5, 0.6) is 0 Å². The Hall–Kier alpha value is -3.10. The lowest BCUT2D eigenvalue weighted by Gasteiger charge is -2.35. The SMILES string of the molecule is CCCCCCCN(C(=O)C(CCC(N)=O)NC(=O)OC(C)(C)C)C(C(=O)NC(C)CCC)c1ccc(C)cc1. The molecule has 0 aromatic heterocycles. The van der Waals surface area contributed by atoms with Crippen molar-refractivity contribution in [3.8, 4) is 0 Å². The molecule has 0 aliphatic rings. The van der Waals surface area contributed by atoms with Crippen LogP contribution < -0.4 is 16.4 Å². The molecule has 0 fully saturated rings. The van der Waals surface area contributed by atoms with E-state index < -0.39 is 35.6 Å². The standard InChI is InChI=1S/C31H52N4O5/c1-8-10-11-12-13-21-35(29(38)25(19-20-26(32)36)34-30(39)40-31(5,6)7)27(24-17-15-22(3)16-18-24)28(37)33-23(4)14-9-2/h15-18,23,25,27H,8-14,19-21H2,1-7H3,(H2,32,36)(H,33,37)(H,34,39). The van der Waals surface area contributed by atoms with Crippen molar-refractivity contribution in [2.24, 2.45) is 5.73 Å². The summed E-state index contributed by atoms with van der Waals surface area (Å²) in [5, 5.41) is 5.73. The van der Waals surface area contributed by atoms with Crippen LogP contribution in [0.1, 0.15) is 116 Å². The highest BCUT2D eigenvalue weighted by Gasteiger charge is 2.36. The van der Waals surface area contributed by atoms with Crippen LogP contribution in [0.15, 0.2) is 24.3 Å². The summed E-state index contributed by atoms with van der Waals surface area (Å²) >= 11 is 0. The molecule has 3 unspecified atom stereocenters. The average Bonchev–Trinajstić information content (AvgIpc) is 2.85. The molecule has 0 aliphatic heterocycles. The Bertz CT molecular complexity index is 942. The Balaban J connectivity index is 3.49. The molecule has 0 heterocycles. The monoisotopic (exact) mass is 560 g/mol. The first-order valence-corrected chi connectivity index (χ1v) is 14.7. The van der Waals surface area contributed by atoms with Crippen molar-refractivity contribution in [3.63, 3.8) is 0 Å². The molecule has 0 saturated carbocycles. The smallest absolute Gasteiger partial charge is 0.408 e. The Morgan fingerprint density at radius 3 is 2.10 bits per heavy atom. The van der Waals surface area contributed by atoms with Gasteiger partial charge in [0.05, 0.1) is 0 Å². The quantitative estimate of drug-likeness (QED) is 0.223. The van der Waals surface area contributed by atoms with E-state index in [-0.39, 0.29) is 24.8 Å². The number of amides is 4. The second-order valence-corrected chi connectivity index (χ2v) is 11.7. The molecule has 1 rings (SSSR count). The van der Waals surface area contributed by atoms with Gasteiger partial charge in [0, 0.05) is 19.0 Å². The van der Waals surface area contributed by atoms with Gasteiger partial charge >= 0.3 is 6.09 Å². The lowest BCUT2D eigenvalue weighted by molar-refractivity contribution is -0.143. The minimum Gasteiger partial charge on any atom is -0.444 e. The number of unbranched alkanes of at least 4 members (excludes halogenated alkanes) is 4. The van der Waals surface area contributed by atoms with Crippen molar-refractivity contribution >= 4 is 23.8 Å². The predicted octanol–water partition coefficient (Wildman–Crippen LogP) is 5.30. The van der Waals surface area contributed by atoms with E-state index in [1.165, 1.54) is 0 Å². The van der Waals surface area contributed by atoms with Gasteiger partial charge in [0.1, 0.15) is 17.7 Å². The molecule has 40 heavy (non-hydrogen) atoms. The molecule has 0 radical (unpaired) electrons. The molecule has 4 N–H and O–H groups in total. The van der Waals surface area contributed by atoms with Gasteiger partial charge in [-0.1, -0.05) is 75.8 Å². The topological polar surface area (TPSA) is 131 Å². The number of nitrogens with one attached hydrogen (secondary N) is 2. The molecular formula is C31H52N4O5. The number of ether oxygens (including phenoxy) is 1. The third kappa shape index (κ3) is 13.3. The van der Waals surface area contributed by atoms with Gasteiger partial charge < -0.3 is 26.0 Å². The fourth-order valence-electron chi connectivity index (χ4n) is 4.49. The molecule has 0 bridgehead atoms. The van der Waals surface area contributed by atoms with Gasteiger partial charge in [-0.3, -0.25) is 14.4 Å². The van der Waals surface area contributed by atoms with E-state index in [2.05, 4.69) is 24.5 Å². The predicted molar refractivity (Wildman–Crippen MR) is 158 cm³/mol. The number of carbonyl (C=O) groups excluding carboxylic acids is 4. The number of benzene rings is 1. The maximum absolute atomic E-state index is 14.2. The number of hydrogen-bond donors (Lipinski definition) is 3. The van der Waals surface area contributed by atoms with Gasteiger partial charge in [0.25, 0.3) is 0 Å². The van der Waals surface area contributed by atoms with Crippen LogP contribution in [0.2, 0.25) is 0 Å². The highest BCUT2D eigenvalue weighted by Crippen LogP contribution is 2.25. The molecule has 226 valence electrons. The van der Waals surface area contributed by atoms with Crippen molar-refractivity contribution in [2.45, 2.75) is 130 Å². The summed E-state index contributed by atoms with van der Waals surface area (Å²) in [6.07, 6.45) is 5.62. The molecular weight excluding hydrogens is 508 g/mol. The number of nitrogens with zero attached hydrogens (tertiary/aromatic N) is 1. The molecule has 9 nitrogen and oxygen atoms in total. The molecule has 1 aromatic carbocycles. The zero-order valence-electron chi connectivity index (χ0n) is 25.7. The van der Waals surface area contributed by atoms with Crippen LogP contribution in [0, 0.1) is 6.92 Å². The van der Waals surface area contributed by atoms with Crippen LogP contribution in [-0.2, 0) is 19.1 Å². The Kier molecular flexibility index (Phi) is 15.3. The van der Waals surface area contributed by atoms with Gasteiger partial charge in [-0.2, -0.15) is 0 Å². The minimum absolute atomic E-state index is 0.00574. The highest BCUT2D eigenvalue weighted by molar-refractivity contribution is 5.92. The number of rotatable bonds is 17. The number of alkyl carbamates (subject to hydrolysis) is 1. The Morgan fingerprint density at radius 1 is 0.925 bits per heavy atom. The fourth-order valence-corrected chi connectivity index (χ4v) is 4.49. The van der Waals surface area contributed by atoms with Crippen molar-refractivity contribution in [1.82, 2.24) is 15.5 Å². The van der Waals surface area contributed by atoms with Crippen molar-refractivity contribution in [1.29, 1.82) is 0 Å². The van der Waals surface area contributed by atoms with Gasteiger partial charge in [-0.05, 0) is 59.4 Å². The molecule has 1 aromatic rings. The van der Waals surface area contributed by atoms with Gasteiger partial charge in [-0.15, -0.1) is 0 Å². The third-order valence-corrected chi connectivity index (χ3v) is 6.52. The summed E-state index contributed by atoms with van der Waals surface area (Å²) in [4.78, 5) is 53.9. The first kappa shape index (κ1) is 34.9. The summed E-state index contributed by atoms with van der Waals surface area (Å²) in [5.41, 5.74) is 6.34. The van der Waals surface area contributed by atoms with Crippen LogP contribution in [0.25, 0.3) is 0 Å². The molecule has 0 saturated heterocycles. The Labute approximate surface area is 241 Å². The minimum atomic E-state index is -1.09. The van der Waals surface area contributed by atoms with Crippen LogP contribution in [0.4, 0.5) is 4.79 Å². The van der Waals surface area contributed by atoms with Crippen LogP contribution >= 0.6 is 0 Å². The molecule has 0 spiro atoms. The van der Waals surface area contributed by atoms with E-state index in [4.69, 9.17) is 10.5 Å². The van der Waals surface area contributed by atoms with Gasteiger partial charge in [-0.25, -0.2) is 4.79 Å². The van der Waals surface area contributed by atoms with E-state index in [1.54, 1.807) is 25.7 Å². The van der Waals surface area contributed by atoms with E-state index >= 15 is 0 Å². The summed E-state index contributed by atoms with van der Waals surface area (Å²) < 4.78 is 5.40. The zero-order valence-corrected chi connectivity index (χ0v) is 25.7. The fraction of sp³-hybridized carbons (Fsp3) is 0.677. The number of primary amides is 1. The van der Waals surface area contributed by atoms with Crippen molar-refractivity contribution in [3.05, 3.63) is 35.4 Å². The molecule has 4 amide bonds. The number of carbonyl (C=O) groups is 4. The number of nitrogens with two attached hydrogens (primary N) is 1. The van der Waals surface area contributed by atoms with Crippen LogP contribution in [0.3, 0.4) is 0 Å². The summed E-state index contributed by atoms with van der Waals surface area (Å²) in [7, 11) is 0. The van der Waals surface area contributed by atoms with Crippen molar-refractivity contribution < 1.29 is 23.9 Å². The van der Waals surface area contributed by atoms with Crippen molar-refractivity contribution in [2.75, 3.05) is 6.54 Å². The van der Waals surface area contributed by atoms with Gasteiger partial charge in [0.15, 0.2) is 0 Å². The van der Waals surface area contributed by atoms with E-state index in [0.29, 0.717) is 18.5 Å². The summed E-state index contributed by atoms with van der Waals surface area (Å²) in [5.74, 6) is -1.32. The maximum atomic E-state index is 14.2. The first-order chi connectivity index (χ1) is 18.8. The van der Waals surface area contributed by atoms with E-state index in [9.17, 15) is 19.2 Å². The largest absolute Gasteiger partial charge is 0.444 e. The second-order valence-electron chi connectivity index (χ2n) is 11.7. The highest BCUT2D eigenvalue weighted by atomic mass is 16.6. The Morgan fingerprint density at radius 2 is 1.55 bits per heavy atom. The second kappa shape index (κ2) is 17.6. The lowest BCUT2D eigenvalue weighted by Crippen LogP contribution is -2.54. The average molecular weight is 561 g/mol. The molecule has 3 atom stereocenters. The first-order valence-electron chi connectivity index (χ1n) is 14.7. The summed E-state index contributed by atoms with van der Waals surface area (Å²) in [6, 6.07) is 5.48. The lowest BCUT2D eigenvalue weighted by atomic mass is 9.99. The van der Waals surface area contributed by atoms with E-state index in [0.717, 1.165) is 44.1 Å².